The van der Waals surface area contributed by atoms with Gasteiger partial charge in [-0.2, -0.15) is 0 Å². The Labute approximate surface area is 73.6 Å². The molecule has 0 atom stereocenters. The van der Waals surface area contributed by atoms with Gasteiger partial charge in [0.25, 0.3) is 0 Å². The van der Waals surface area contributed by atoms with Crippen LogP contribution >= 0.6 is 0 Å². The van der Waals surface area contributed by atoms with Crippen LogP contribution in [0, 0.1) is 23.7 Å². The van der Waals surface area contributed by atoms with E-state index >= 15 is 0 Å². The first kappa shape index (κ1) is 8.44. The van der Waals surface area contributed by atoms with E-state index in [4.69, 9.17) is 0 Å². The Kier molecular flexibility index (Phi) is 3.00. The molecule has 0 nitrogen and oxygen atoms in total. The van der Waals surface area contributed by atoms with Gasteiger partial charge in [-0.05, 0) is 32.0 Å². The molecule has 0 heterocycles. The van der Waals surface area contributed by atoms with Crippen molar-refractivity contribution in [3.63, 3.8) is 0 Å². The normalized spacial score (nSPS) is 7.50. The number of hydrogen-bond acceptors (Lipinski definition) is 0. The second-order valence-electron chi connectivity index (χ2n) is 2.33. The molecule has 0 bridgehead atoms. The summed E-state index contributed by atoms with van der Waals surface area (Å²) in [6, 6.07) is 7.93. The third-order valence-corrected chi connectivity index (χ3v) is 1.40. The van der Waals surface area contributed by atoms with Crippen molar-refractivity contribution in [2.24, 2.45) is 0 Å². The molecule has 58 valence electrons. The van der Waals surface area contributed by atoms with Crippen molar-refractivity contribution in [3.05, 3.63) is 35.4 Å². The maximum atomic E-state index is 2.99. The molecular formula is C12H10. The Morgan fingerprint density at radius 1 is 0.917 bits per heavy atom. The van der Waals surface area contributed by atoms with Crippen molar-refractivity contribution in [1.82, 2.24) is 0 Å². The SMILES string of the molecule is CC#Cc1cccc(C#CC)c1. The van der Waals surface area contributed by atoms with Crippen LogP contribution in [-0.2, 0) is 0 Å². The molecular weight excluding hydrogens is 144 g/mol. The summed E-state index contributed by atoms with van der Waals surface area (Å²) in [5, 5.41) is 0. The zero-order valence-electron chi connectivity index (χ0n) is 7.31. The minimum atomic E-state index is 1.03. The van der Waals surface area contributed by atoms with Crippen molar-refractivity contribution in [2.45, 2.75) is 13.8 Å². The molecule has 0 spiro atoms. The van der Waals surface area contributed by atoms with Crippen molar-refractivity contribution in [2.75, 3.05) is 0 Å². The highest BCUT2D eigenvalue weighted by molar-refractivity contribution is 5.43. The fraction of sp³-hybridized carbons (Fsp3) is 0.167. The van der Waals surface area contributed by atoms with E-state index < -0.39 is 0 Å². The molecule has 0 aromatic heterocycles. The summed E-state index contributed by atoms with van der Waals surface area (Å²) in [5.41, 5.74) is 2.05. The highest BCUT2D eigenvalue weighted by Gasteiger charge is 1.87. The van der Waals surface area contributed by atoms with Crippen molar-refractivity contribution < 1.29 is 0 Å². The fourth-order valence-corrected chi connectivity index (χ4v) is 0.963. The molecule has 0 saturated carbocycles. The van der Waals surface area contributed by atoms with Crippen LogP contribution in [0.25, 0.3) is 0 Å². The highest BCUT2D eigenvalue weighted by atomic mass is 13.9. The van der Waals surface area contributed by atoms with Gasteiger partial charge in [0.05, 0.1) is 0 Å². The summed E-state index contributed by atoms with van der Waals surface area (Å²) in [4.78, 5) is 0. The second kappa shape index (κ2) is 4.27. The standard InChI is InChI=1S/C12H10/c1-3-6-11-8-5-9-12(10-11)7-4-2/h5,8-10H,1-2H3. The predicted octanol–water partition coefficient (Wildman–Crippen LogP) is 2.43. The van der Waals surface area contributed by atoms with Crippen LogP contribution < -0.4 is 0 Å². The van der Waals surface area contributed by atoms with Gasteiger partial charge in [0.15, 0.2) is 0 Å². The molecule has 12 heavy (non-hydrogen) atoms. The predicted molar refractivity (Wildman–Crippen MR) is 51.5 cm³/mol. The summed E-state index contributed by atoms with van der Waals surface area (Å²) >= 11 is 0. The van der Waals surface area contributed by atoms with Crippen LogP contribution in [0.15, 0.2) is 24.3 Å². The zero-order chi connectivity index (χ0) is 8.81. The first-order chi connectivity index (χ1) is 5.86. The average Bonchev–Trinajstić information content (AvgIpc) is 2.06. The van der Waals surface area contributed by atoms with Crippen LogP contribution in [0.1, 0.15) is 25.0 Å². The average molecular weight is 154 g/mol. The molecule has 0 aliphatic carbocycles. The van der Waals surface area contributed by atoms with Crippen LogP contribution in [0.3, 0.4) is 0 Å². The third-order valence-electron chi connectivity index (χ3n) is 1.40. The molecule has 0 unspecified atom stereocenters. The summed E-state index contributed by atoms with van der Waals surface area (Å²) in [7, 11) is 0. The number of hydrogen-bond donors (Lipinski definition) is 0. The van der Waals surface area contributed by atoms with E-state index in [9.17, 15) is 0 Å². The Bertz CT molecular complexity index is 342. The van der Waals surface area contributed by atoms with E-state index in [1.807, 2.05) is 38.1 Å². The summed E-state index contributed by atoms with van der Waals surface area (Å²) < 4.78 is 0. The minimum absolute atomic E-state index is 1.03. The number of benzene rings is 1. The Morgan fingerprint density at radius 3 is 1.83 bits per heavy atom. The Balaban J connectivity index is 3.06. The lowest BCUT2D eigenvalue weighted by Crippen LogP contribution is -1.76. The maximum absolute atomic E-state index is 2.99. The van der Waals surface area contributed by atoms with E-state index in [2.05, 4.69) is 23.7 Å². The van der Waals surface area contributed by atoms with Gasteiger partial charge in [-0.15, -0.1) is 11.8 Å². The van der Waals surface area contributed by atoms with E-state index in [1.165, 1.54) is 0 Å². The first-order valence-electron chi connectivity index (χ1n) is 3.82. The van der Waals surface area contributed by atoms with Crippen molar-refractivity contribution >= 4 is 0 Å². The molecule has 0 N–H and O–H groups in total. The van der Waals surface area contributed by atoms with Gasteiger partial charge in [-0.3, -0.25) is 0 Å². The van der Waals surface area contributed by atoms with Gasteiger partial charge in [0.1, 0.15) is 0 Å². The van der Waals surface area contributed by atoms with Crippen LogP contribution in [0.5, 0.6) is 0 Å². The smallest absolute Gasteiger partial charge is 0.0257 e. The second-order valence-corrected chi connectivity index (χ2v) is 2.33. The molecule has 1 aromatic carbocycles. The van der Waals surface area contributed by atoms with Crippen LogP contribution in [0.2, 0.25) is 0 Å². The van der Waals surface area contributed by atoms with Gasteiger partial charge >= 0.3 is 0 Å². The lowest BCUT2D eigenvalue weighted by molar-refractivity contribution is 1.59. The first-order valence-corrected chi connectivity index (χ1v) is 3.82. The van der Waals surface area contributed by atoms with Gasteiger partial charge in [-0.25, -0.2) is 0 Å². The molecule has 0 radical (unpaired) electrons. The van der Waals surface area contributed by atoms with Crippen molar-refractivity contribution in [1.29, 1.82) is 0 Å². The van der Waals surface area contributed by atoms with Crippen molar-refractivity contribution in [3.8, 4) is 23.7 Å². The molecule has 0 fully saturated rings. The van der Waals surface area contributed by atoms with Crippen LogP contribution in [0.4, 0.5) is 0 Å². The molecule has 1 aromatic rings. The van der Waals surface area contributed by atoms with Gasteiger partial charge in [0, 0.05) is 11.1 Å². The molecule has 0 aliphatic heterocycles. The molecule has 0 aliphatic rings. The molecule has 1 rings (SSSR count). The Hall–Kier alpha value is -1.66. The highest BCUT2D eigenvalue weighted by Crippen LogP contribution is 2.01. The Morgan fingerprint density at radius 2 is 1.42 bits per heavy atom. The largest absolute Gasteiger partial charge is 0.101 e. The van der Waals surface area contributed by atoms with E-state index in [0.29, 0.717) is 0 Å². The van der Waals surface area contributed by atoms with E-state index in [0.717, 1.165) is 11.1 Å². The quantitative estimate of drug-likeness (QED) is 0.503. The minimum Gasteiger partial charge on any atom is -0.101 e. The van der Waals surface area contributed by atoms with E-state index in [1.54, 1.807) is 0 Å². The summed E-state index contributed by atoms with van der Waals surface area (Å²) in [5.74, 6) is 11.7. The summed E-state index contributed by atoms with van der Waals surface area (Å²) in [6.45, 7) is 3.66. The third kappa shape index (κ3) is 2.19. The molecule has 0 amide bonds. The zero-order valence-corrected chi connectivity index (χ0v) is 7.31. The van der Waals surface area contributed by atoms with Gasteiger partial charge in [0.2, 0.25) is 0 Å². The summed E-state index contributed by atoms with van der Waals surface area (Å²) in [6.07, 6.45) is 0. The topological polar surface area (TPSA) is 0 Å². The monoisotopic (exact) mass is 154 g/mol. The maximum Gasteiger partial charge on any atom is 0.0257 e. The molecule has 0 saturated heterocycles. The van der Waals surface area contributed by atoms with Gasteiger partial charge < -0.3 is 0 Å². The lowest BCUT2D eigenvalue weighted by Gasteiger charge is -1.90. The van der Waals surface area contributed by atoms with Gasteiger partial charge in [-0.1, -0.05) is 17.9 Å². The fourth-order valence-electron chi connectivity index (χ4n) is 0.963. The number of rotatable bonds is 0. The molecule has 0 heteroatoms. The lowest BCUT2D eigenvalue weighted by atomic mass is 10.1. The van der Waals surface area contributed by atoms with Crippen LogP contribution in [-0.4, -0.2) is 0 Å². The van der Waals surface area contributed by atoms with E-state index in [-0.39, 0.29) is 0 Å².